The summed E-state index contributed by atoms with van der Waals surface area (Å²) in [6, 6.07) is 15.3. The van der Waals surface area contributed by atoms with Crippen molar-refractivity contribution in [3.05, 3.63) is 59.7 Å². The van der Waals surface area contributed by atoms with E-state index in [2.05, 4.69) is 0 Å². The molecule has 2 nitrogen and oxygen atoms in total. The number of hydrogen-bond donors (Lipinski definition) is 1. The minimum Gasteiger partial charge on any atom is -0.508 e. The van der Waals surface area contributed by atoms with Gasteiger partial charge in [0.15, 0.2) is 0 Å². The molecule has 0 saturated carbocycles. The normalized spacial score (nSPS) is 12.1. The molecule has 17 heavy (non-hydrogen) atoms. The van der Waals surface area contributed by atoms with Crippen molar-refractivity contribution in [3.63, 3.8) is 0 Å². The largest absolute Gasteiger partial charge is 0.508 e. The van der Waals surface area contributed by atoms with Crippen LogP contribution in [0.1, 0.15) is 24.2 Å². The SMILES string of the molecule is Cc1cc(O)cc(OC(C)c2ccccc2)c1. The lowest BCUT2D eigenvalue weighted by Gasteiger charge is -2.15. The Kier molecular flexibility index (Phi) is 3.33. The standard InChI is InChI=1S/C15H16O2/c1-11-8-14(16)10-15(9-11)17-12(2)13-6-4-3-5-7-13/h3-10,12,16H,1-2H3. The Morgan fingerprint density at radius 3 is 2.41 bits per heavy atom. The van der Waals surface area contributed by atoms with Crippen molar-refractivity contribution < 1.29 is 9.84 Å². The van der Waals surface area contributed by atoms with Crippen LogP contribution in [0.4, 0.5) is 0 Å². The number of aromatic hydroxyl groups is 1. The lowest BCUT2D eigenvalue weighted by molar-refractivity contribution is 0.226. The monoisotopic (exact) mass is 228 g/mol. The zero-order valence-electron chi connectivity index (χ0n) is 10.1. The molecule has 2 heteroatoms. The van der Waals surface area contributed by atoms with Crippen molar-refractivity contribution in [1.82, 2.24) is 0 Å². The Labute approximate surface area is 101 Å². The van der Waals surface area contributed by atoms with E-state index >= 15 is 0 Å². The first-order valence-electron chi connectivity index (χ1n) is 5.67. The van der Waals surface area contributed by atoms with Gasteiger partial charge in [0.2, 0.25) is 0 Å². The van der Waals surface area contributed by atoms with Crippen LogP contribution in [0.2, 0.25) is 0 Å². The van der Waals surface area contributed by atoms with Crippen LogP contribution >= 0.6 is 0 Å². The van der Waals surface area contributed by atoms with Gasteiger partial charge < -0.3 is 9.84 Å². The van der Waals surface area contributed by atoms with Gasteiger partial charge in [0.1, 0.15) is 17.6 Å². The molecule has 0 aromatic heterocycles. The Balaban J connectivity index is 2.16. The average molecular weight is 228 g/mol. The molecule has 2 rings (SSSR count). The third kappa shape index (κ3) is 3.00. The molecule has 0 spiro atoms. The first-order chi connectivity index (χ1) is 8.15. The van der Waals surface area contributed by atoms with Crippen molar-refractivity contribution in [2.75, 3.05) is 0 Å². The first-order valence-corrected chi connectivity index (χ1v) is 5.67. The molecule has 0 bridgehead atoms. The molecule has 0 fully saturated rings. The van der Waals surface area contributed by atoms with Gasteiger partial charge in [0, 0.05) is 6.07 Å². The van der Waals surface area contributed by atoms with E-state index in [0.29, 0.717) is 5.75 Å². The number of ether oxygens (including phenoxy) is 1. The third-order valence-electron chi connectivity index (χ3n) is 2.62. The lowest BCUT2D eigenvalue weighted by Crippen LogP contribution is -2.02. The summed E-state index contributed by atoms with van der Waals surface area (Å²) >= 11 is 0. The topological polar surface area (TPSA) is 29.5 Å². The highest BCUT2D eigenvalue weighted by atomic mass is 16.5. The summed E-state index contributed by atoms with van der Waals surface area (Å²) in [6.45, 7) is 3.93. The van der Waals surface area contributed by atoms with Crippen LogP contribution in [-0.4, -0.2) is 5.11 Å². The molecule has 2 aromatic rings. The summed E-state index contributed by atoms with van der Waals surface area (Å²) in [5, 5.41) is 9.50. The lowest BCUT2D eigenvalue weighted by atomic mass is 10.1. The highest BCUT2D eigenvalue weighted by Gasteiger charge is 2.07. The minimum absolute atomic E-state index is 0.0302. The third-order valence-corrected chi connectivity index (χ3v) is 2.62. The summed E-state index contributed by atoms with van der Waals surface area (Å²) in [4.78, 5) is 0. The van der Waals surface area contributed by atoms with Crippen LogP contribution in [-0.2, 0) is 0 Å². The van der Waals surface area contributed by atoms with Crippen LogP contribution in [0, 0.1) is 6.92 Å². The molecule has 0 heterocycles. The molecule has 0 aliphatic rings. The van der Waals surface area contributed by atoms with Gasteiger partial charge in [-0.3, -0.25) is 0 Å². The van der Waals surface area contributed by atoms with Crippen LogP contribution in [0.25, 0.3) is 0 Å². The van der Waals surface area contributed by atoms with Gasteiger partial charge >= 0.3 is 0 Å². The zero-order chi connectivity index (χ0) is 12.3. The van der Waals surface area contributed by atoms with E-state index in [4.69, 9.17) is 4.74 Å². The smallest absolute Gasteiger partial charge is 0.124 e. The number of phenolic OH excluding ortho intramolecular Hbond substituents is 1. The number of aryl methyl sites for hydroxylation is 1. The fourth-order valence-corrected chi connectivity index (χ4v) is 1.79. The second-order valence-electron chi connectivity index (χ2n) is 4.18. The van der Waals surface area contributed by atoms with Gasteiger partial charge in [-0.1, -0.05) is 30.3 Å². The fourth-order valence-electron chi connectivity index (χ4n) is 1.79. The molecule has 0 aliphatic heterocycles. The van der Waals surface area contributed by atoms with Crippen LogP contribution in [0.5, 0.6) is 11.5 Å². The molecule has 0 aliphatic carbocycles. The van der Waals surface area contributed by atoms with E-state index in [0.717, 1.165) is 11.1 Å². The van der Waals surface area contributed by atoms with Crippen molar-refractivity contribution in [2.45, 2.75) is 20.0 Å². The Morgan fingerprint density at radius 1 is 1.06 bits per heavy atom. The Morgan fingerprint density at radius 2 is 1.76 bits per heavy atom. The molecule has 1 atom stereocenters. The van der Waals surface area contributed by atoms with E-state index in [9.17, 15) is 5.11 Å². The van der Waals surface area contributed by atoms with Gasteiger partial charge in [0.25, 0.3) is 0 Å². The van der Waals surface area contributed by atoms with Crippen LogP contribution in [0.3, 0.4) is 0 Å². The van der Waals surface area contributed by atoms with Gasteiger partial charge in [0.05, 0.1) is 0 Å². The van der Waals surface area contributed by atoms with E-state index in [-0.39, 0.29) is 11.9 Å². The number of phenols is 1. The summed E-state index contributed by atoms with van der Waals surface area (Å²) in [6.07, 6.45) is -0.0302. The number of benzene rings is 2. The van der Waals surface area contributed by atoms with Crippen molar-refractivity contribution in [2.24, 2.45) is 0 Å². The van der Waals surface area contributed by atoms with Gasteiger partial charge in [-0.2, -0.15) is 0 Å². The molecule has 1 N–H and O–H groups in total. The van der Waals surface area contributed by atoms with Gasteiger partial charge in [-0.05, 0) is 37.1 Å². The van der Waals surface area contributed by atoms with Crippen LogP contribution in [0.15, 0.2) is 48.5 Å². The predicted octanol–water partition coefficient (Wildman–Crippen LogP) is 3.84. The van der Waals surface area contributed by atoms with E-state index in [1.165, 1.54) is 0 Å². The summed E-state index contributed by atoms with van der Waals surface area (Å²) in [5.74, 6) is 0.930. The second-order valence-corrected chi connectivity index (χ2v) is 4.18. The molecule has 0 saturated heterocycles. The average Bonchev–Trinajstić information content (AvgIpc) is 2.28. The molecule has 0 radical (unpaired) electrons. The zero-order valence-corrected chi connectivity index (χ0v) is 10.1. The van der Waals surface area contributed by atoms with Gasteiger partial charge in [-0.25, -0.2) is 0 Å². The summed E-state index contributed by atoms with van der Waals surface area (Å²) < 4.78 is 5.80. The summed E-state index contributed by atoms with van der Waals surface area (Å²) in [5.41, 5.74) is 2.11. The molecule has 1 unspecified atom stereocenters. The van der Waals surface area contributed by atoms with Crippen molar-refractivity contribution in [3.8, 4) is 11.5 Å². The molecule has 2 aromatic carbocycles. The molecule has 88 valence electrons. The predicted molar refractivity (Wildman–Crippen MR) is 68.3 cm³/mol. The minimum atomic E-state index is -0.0302. The number of hydrogen-bond acceptors (Lipinski definition) is 2. The highest BCUT2D eigenvalue weighted by Crippen LogP contribution is 2.26. The Bertz CT molecular complexity index is 471. The quantitative estimate of drug-likeness (QED) is 0.864. The maximum atomic E-state index is 9.50. The van der Waals surface area contributed by atoms with Crippen molar-refractivity contribution in [1.29, 1.82) is 0 Å². The van der Waals surface area contributed by atoms with E-state index in [1.807, 2.05) is 50.2 Å². The van der Waals surface area contributed by atoms with E-state index < -0.39 is 0 Å². The first kappa shape index (κ1) is 11.5. The molecule has 0 amide bonds. The number of rotatable bonds is 3. The fraction of sp³-hybridized carbons (Fsp3) is 0.200. The Hall–Kier alpha value is -1.96. The maximum absolute atomic E-state index is 9.50. The second kappa shape index (κ2) is 4.91. The van der Waals surface area contributed by atoms with Crippen molar-refractivity contribution >= 4 is 0 Å². The highest BCUT2D eigenvalue weighted by molar-refractivity contribution is 5.37. The van der Waals surface area contributed by atoms with E-state index in [1.54, 1.807) is 12.1 Å². The maximum Gasteiger partial charge on any atom is 0.124 e. The molecular weight excluding hydrogens is 212 g/mol. The summed E-state index contributed by atoms with van der Waals surface area (Å²) in [7, 11) is 0. The van der Waals surface area contributed by atoms with Crippen LogP contribution < -0.4 is 4.74 Å². The molecular formula is C15H16O2. The van der Waals surface area contributed by atoms with Gasteiger partial charge in [-0.15, -0.1) is 0 Å².